The number of carboxylic acids is 1. The van der Waals surface area contributed by atoms with Crippen LogP contribution >= 0.6 is 0 Å². The van der Waals surface area contributed by atoms with Crippen molar-refractivity contribution in [3.05, 3.63) is 36.5 Å². The summed E-state index contributed by atoms with van der Waals surface area (Å²) in [5.41, 5.74) is -0.967. The van der Waals surface area contributed by atoms with Gasteiger partial charge in [0.25, 0.3) is 0 Å². The van der Waals surface area contributed by atoms with Crippen molar-refractivity contribution in [2.24, 2.45) is 5.92 Å². The first-order chi connectivity index (χ1) is 14.6. The number of amides is 2. The Kier molecular flexibility index (Phi) is 6.56. The number of alkyl halides is 3. The fraction of sp³-hybridized carbons (Fsp3) is 0.421. The van der Waals surface area contributed by atoms with Gasteiger partial charge >= 0.3 is 18.1 Å². The van der Waals surface area contributed by atoms with Crippen molar-refractivity contribution in [3.63, 3.8) is 0 Å². The van der Waals surface area contributed by atoms with Gasteiger partial charge in [0.1, 0.15) is 11.9 Å². The SMILES string of the molecule is O=C(O)C(=O)Nc1ccc(NC(=O)[C@H](CC2CCCC2)n2cnc(C(F)(F)F)c2)nc1. The van der Waals surface area contributed by atoms with Crippen LogP contribution in [0.4, 0.5) is 24.7 Å². The molecule has 1 fully saturated rings. The molecule has 0 bridgehead atoms. The third kappa shape index (κ3) is 5.80. The zero-order chi connectivity index (χ0) is 22.6. The van der Waals surface area contributed by atoms with Crippen LogP contribution in [0.5, 0.6) is 0 Å². The average Bonchev–Trinajstić information content (AvgIpc) is 3.39. The van der Waals surface area contributed by atoms with Gasteiger partial charge in [0, 0.05) is 6.20 Å². The predicted molar refractivity (Wildman–Crippen MR) is 102 cm³/mol. The van der Waals surface area contributed by atoms with Gasteiger partial charge in [-0.3, -0.25) is 9.59 Å². The number of aromatic nitrogens is 3. The van der Waals surface area contributed by atoms with Crippen LogP contribution in [0.15, 0.2) is 30.9 Å². The minimum absolute atomic E-state index is 0.103. The van der Waals surface area contributed by atoms with Crippen molar-refractivity contribution < 1.29 is 32.7 Å². The fourth-order valence-electron chi connectivity index (χ4n) is 3.52. The lowest BCUT2D eigenvalue weighted by atomic mass is 9.97. The molecule has 1 aliphatic carbocycles. The Morgan fingerprint density at radius 2 is 1.87 bits per heavy atom. The van der Waals surface area contributed by atoms with E-state index in [2.05, 4.69) is 20.6 Å². The van der Waals surface area contributed by atoms with Crippen LogP contribution < -0.4 is 10.6 Å². The molecule has 31 heavy (non-hydrogen) atoms. The number of carbonyl (C=O) groups excluding carboxylic acids is 2. The highest BCUT2D eigenvalue weighted by atomic mass is 19.4. The summed E-state index contributed by atoms with van der Waals surface area (Å²) < 4.78 is 40.0. The lowest BCUT2D eigenvalue weighted by molar-refractivity contribution is -0.147. The Morgan fingerprint density at radius 1 is 1.16 bits per heavy atom. The van der Waals surface area contributed by atoms with Gasteiger partial charge in [0.2, 0.25) is 5.91 Å². The molecule has 166 valence electrons. The number of anilines is 2. The zero-order valence-corrected chi connectivity index (χ0v) is 16.2. The third-order valence-corrected chi connectivity index (χ3v) is 5.05. The molecule has 0 saturated heterocycles. The quantitative estimate of drug-likeness (QED) is 0.594. The molecule has 9 nitrogen and oxygen atoms in total. The maximum absolute atomic E-state index is 12.9. The first-order valence-corrected chi connectivity index (χ1v) is 9.55. The second-order valence-electron chi connectivity index (χ2n) is 7.29. The molecule has 0 unspecified atom stereocenters. The van der Waals surface area contributed by atoms with E-state index < -0.39 is 35.7 Å². The van der Waals surface area contributed by atoms with E-state index in [1.165, 1.54) is 12.1 Å². The summed E-state index contributed by atoms with van der Waals surface area (Å²) in [4.78, 5) is 41.9. The number of pyridine rings is 1. The van der Waals surface area contributed by atoms with Gasteiger partial charge in [-0.25, -0.2) is 14.8 Å². The van der Waals surface area contributed by atoms with E-state index in [4.69, 9.17) is 5.11 Å². The molecule has 0 aliphatic heterocycles. The molecule has 2 aromatic rings. The summed E-state index contributed by atoms with van der Waals surface area (Å²) in [6.07, 6.45) is 2.56. The maximum atomic E-state index is 12.9. The topological polar surface area (TPSA) is 126 Å². The van der Waals surface area contributed by atoms with Gasteiger partial charge in [-0.2, -0.15) is 13.2 Å². The summed E-state index contributed by atoms with van der Waals surface area (Å²) in [5.74, 6) is -3.13. The van der Waals surface area contributed by atoms with Crippen LogP contribution in [-0.2, 0) is 20.6 Å². The molecule has 0 aromatic carbocycles. The van der Waals surface area contributed by atoms with E-state index in [9.17, 15) is 27.6 Å². The molecule has 1 saturated carbocycles. The van der Waals surface area contributed by atoms with Gasteiger partial charge in [-0.15, -0.1) is 0 Å². The molecule has 2 amide bonds. The van der Waals surface area contributed by atoms with E-state index in [0.717, 1.165) is 49.0 Å². The molecule has 0 radical (unpaired) electrons. The molecule has 3 N–H and O–H groups in total. The minimum atomic E-state index is -4.61. The van der Waals surface area contributed by atoms with Crippen LogP contribution in [0.25, 0.3) is 0 Å². The highest BCUT2D eigenvalue weighted by Crippen LogP contribution is 2.34. The van der Waals surface area contributed by atoms with Gasteiger partial charge < -0.3 is 20.3 Å². The lowest BCUT2D eigenvalue weighted by Crippen LogP contribution is -2.27. The number of carbonyl (C=O) groups is 3. The van der Waals surface area contributed by atoms with Crippen molar-refractivity contribution in [1.29, 1.82) is 0 Å². The van der Waals surface area contributed by atoms with Gasteiger partial charge in [-0.05, 0) is 24.5 Å². The standard InChI is InChI=1S/C19H20F3N5O4/c20-19(21,22)14-9-27(10-24-14)13(7-11-3-1-2-4-11)16(28)26-15-6-5-12(8-23-15)25-17(29)18(30)31/h5-6,8-11,13H,1-4,7H2,(H,25,29)(H,30,31)(H,23,26,28)/t13-/m0/s1. The molecule has 12 heteroatoms. The molecule has 2 aromatic heterocycles. The van der Waals surface area contributed by atoms with Crippen LogP contribution in [0, 0.1) is 5.92 Å². The molecular formula is C19H20F3N5O4. The predicted octanol–water partition coefficient (Wildman–Crippen LogP) is 3.08. The van der Waals surface area contributed by atoms with Crippen LogP contribution in [0.3, 0.4) is 0 Å². The summed E-state index contributed by atoms with van der Waals surface area (Å²) in [5, 5.41) is 13.2. The Morgan fingerprint density at radius 3 is 2.42 bits per heavy atom. The Balaban J connectivity index is 1.74. The van der Waals surface area contributed by atoms with Crippen molar-refractivity contribution in [2.75, 3.05) is 10.6 Å². The number of nitrogens with one attached hydrogen (secondary N) is 2. The van der Waals surface area contributed by atoms with Crippen LogP contribution in [-0.4, -0.2) is 37.4 Å². The summed E-state index contributed by atoms with van der Waals surface area (Å²) >= 11 is 0. The van der Waals surface area contributed by atoms with E-state index in [1.807, 2.05) is 0 Å². The second kappa shape index (κ2) is 9.14. The summed E-state index contributed by atoms with van der Waals surface area (Å²) in [7, 11) is 0. The largest absolute Gasteiger partial charge is 0.474 e. The number of carboxylic acid groups (broad SMARTS) is 1. The van der Waals surface area contributed by atoms with Crippen molar-refractivity contribution in [3.8, 4) is 0 Å². The lowest BCUT2D eigenvalue weighted by Gasteiger charge is -2.21. The monoisotopic (exact) mass is 439 g/mol. The van der Waals surface area contributed by atoms with Crippen LogP contribution in [0.2, 0.25) is 0 Å². The molecule has 1 aliphatic rings. The van der Waals surface area contributed by atoms with Crippen LogP contribution in [0.1, 0.15) is 43.8 Å². The molecule has 0 spiro atoms. The third-order valence-electron chi connectivity index (χ3n) is 5.05. The molecule has 1 atom stereocenters. The van der Waals surface area contributed by atoms with E-state index in [1.54, 1.807) is 0 Å². The fourth-order valence-corrected chi connectivity index (χ4v) is 3.52. The van der Waals surface area contributed by atoms with Gasteiger partial charge in [0.15, 0.2) is 5.69 Å². The second-order valence-corrected chi connectivity index (χ2v) is 7.29. The summed E-state index contributed by atoms with van der Waals surface area (Å²) in [6, 6.07) is 1.78. The number of nitrogens with zero attached hydrogens (tertiary/aromatic N) is 3. The number of halogens is 3. The van der Waals surface area contributed by atoms with Crippen molar-refractivity contribution in [1.82, 2.24) is 14.5 Å². The van der Waals surface area contributed by atoms with Crippen molar-refractivity contribution >= 4 is 29.3 Å². The van der Waals surface area contributed by atoms with E-state index in [0.29, 0.717) is 6.42 Å². The Bertz CT molecular complexity index is 952. The first kappa shape index (κ1) is 22.2. The Labute approximate surface area is 174 Å². The molecular weight excluding hydrogens is 419 g/mol. The number of imidazole rings is 1. The molecule has 2 heterocycles. The Hall–Kier alpha value is -3.44. The normalized spacial score (nSPS) is 15.5. The highest BCUT2D eigenvalue weighted by Gasteiger charge is 2.35. The average molecular weight is 439 g/mol. The number of aliphatic carboxylic acids is 1. The zero-order valence-electron chi connectivity index (χ0n) is 16.2. The smallest absolute Gasteiger partial charge is 0.434 e. The number of hydrogen-bond acceptors (Lipinski definition) is 5. The molecule has 3 rings (SSSR count). The number of hydrogen-bond donors (Lipinski definition) is 3. The summed E-state index contributed by atoms with van der Waals surface area (Å²) in [6.45, 7) is 0. The highest BCUT2D eigenvalue weighted by molar-refractivity contribution is 6.36. The van der Waals surface area contributed by atoms with Gasteiger partial charge in [-0.1, -0.05) is 25.7 Å². The van der Waals surface area contributed by atoms with E-state index >= 15 is 0 Å². The minimum Gasteiger partial charge on any atom is -0.474 e. The maximum Gasteiger partial charge on any atom is 0.434 e. The van der Waals surface area contributed by atoms with Gasteiger partial charge in [0.05, 0.1) is 18.2 Å². The number of rotatable bonds is 6. The van der Waals surface area contributed by atoms with Crippen molar-refractivity contribution in [2.45, 2.75) is 44.3 Å². The first-order valence-electron chi connectivity index (χ1n) is 9.55. The van der Waals surface area contributed by atoms with E-state index in [-0.39, 0.29) is 17.4 Å².